The van der Waals surface area contributed by atoms with Gasteiger partial charge >= 0.3 is 11.9 Å². The number of aryl methyl sites for hydroxylation is 3. The normalized spacial score (nSPS) is 16.1. The number of aliphatic carboxylic acids is 2. The predicted molar refractivity (Wildman–Crippen MR) is 337 cm³/mol. The van der Waals surface area contributed by atoms with E-state index < -0.39 is 66.2 Å². The van der Waals surface area contributed by atoms with Crippen LogP contribution >= 0.6 is 68.0 Å². The number of nitrogens with zero attached hydrogens (tertiary/aromatic N) is 9. The molecule has 9 aromatic rings. The Morgan fingerprint density at radius 1 is 0.719 bits per heavy atom. The molecule has 4 atom stereocenters. The van der Waals surface area contributed by atoms with Crippen LogP contribution in [-0.2, 0) is 43.4 Å². The summed E-state index contributed by atoms with van der Waals surface area (Å²) in [6.45, 7) is 5.14. The third-order valence-electron chi connectivity index (χ3n) is 14.3. The van der Waals surface area contributed by atoms with Gasteiger partial charge in [0.05, 0.1) is 46.9 Å². The first kappa shape index (κ1) is 63.8. The van der Waals surface area contributed by atoms with Crippen LogP contribution in [0.25, 0.3) is 49.2 Å². The lowest BCUT2D eigenvalue weighted by atomic mass is 9.90. The third kappa shape index (κ3) is 15.1. The smallest absolute Gasteiger partial charge is 0.303 e. The largest absolute Gasteiger partial charge is 0.481 e. The number of carboxylic acids is 2. The number of nitrogens with one attached hydrogen (secondary N) is 4. The first-order valence-electron chi connectivity index (χ1n) is 28.0. The molecule has 10 rings (SSSR count). The lowest BCUT2D eigenvalue weighted by Gasteiger charge is -2.23. The van der Waals surface area contributed by atoms with Crippen molar-refractivity contribution in [3.05, 3.63) is 129 Å². The Labute approximate surface area is 533 Å². The van der Waals surface area contributed by atoms with Crippen LogP contribution in [0.15, 0.2) is 70.2 Å². The summed E-state index contributed by atoms with van der Waals surface area (Å²) in [6, 6.07) is 10.3. The van der Waals surface area contributed by atoms with Crippen molar-refractivity contribution in [1.82, 2.24) is 65.7 Å². The topological polar surface area (TPSA) is 346 Å². The summed E-state index contributed by atoms with van der Waals surface area (Å²) in [5.74, 6) is -4.05. The zero-order valence-corrected chi connectivity index (χ0v) is 53.4. The zero-order valence-electron chi connectivity index (χ0n) is 48.5. The van der Waals surface area contributed by atoms with Crippen molar-refractivity contribution in [2.24, 2.45) is 5.92 Å². The number of fused-ring (bicyclic) bond motifs is 14. The highest BCUT2D eigenvalue weighted by atomic mass is 32.1. The van der Waals surface area contributed by atoms with E-state index in [0.717, 1.165) is 0 Å². The number of carbonyl (C=O) groups excluding carboxylic acids is 5. The fourth-order valence-corrected chi connectivity index (χ4v) is 15.3. The maximum absolute atomic E-state index is 14.4. The van der Waals surface area contributed by atoms with E-state index in [-0.39, 0.29) is 61.1 Å². The molecule has 0 aliphatic carbocycles. The summed E-state index contributed by atoms with van der Waals surface area (Å²) >= 11 is 7.33. The summed E-state index contributed by atoms with van der Waals surface area (Å²) in [4.78, 5) is 133. The molecule has 24 nitrogen and oxygen atoms in total. The van der Waals surface area contributed by atoms with Crippen LogP contribution < -0.4 is 21.3 Å². The molecule has 0 saturated heterocycles. The van der Waals surface area contributed by atoms with Gasteiger partial charge in [-0.25, -0.2) is 39.9 Å². The van der Waals surface area contributed by atoms with Crippen LogP contribution in [0.1, 0.15) is 150 Å². The number of pyridine rings is 1. The van der Waals surface area contributed by atoms with Gasteiger partial charge in [0.1, 0.15) is 83.0 Å². The number of imidazole rings is 1. The molecule has 0 saturated carbocycles. The number of carbonyl (C=O) groups is 7. The number of hydrogen-bond donors (Lipinski definition) is 7. The Hall–Kier alpha value is -8.23. The van der Waals surface area contributed by atoms with E-state index in [1.54, 1.807) is 76.3 Å². The molecule has 462 valence electrons. The quantitative estimate of drug-likeness (QED) is 0.0446. The van der Waals surface area contributed by atoms with Gasteiger partial charge in [0.25, 0.3) is 11.8 Å². The Morgan fingerprint density at radius 2 is 1.42 bits per heavy atom. The van der Waals surface area contributed by atoms with Crippen LogP contribution in [-0.4, -0.2) is 122 Å². The van der Waals surface area contributed by atoms with Crippen molar-refractivity contribution in [2.75, 3.05) is 20.7 Å². The number of ketones is 1. The van der Waals surface area contributed by atoms with Crippen LogP contribution in [0.3, 0.4) is 0 Å². The molecule has 4 amide bonds. The minimum atomic E-state index is -1.29. The van der Waals surface area contributed by atoms with Gasteiger partial charge in [-0.05, 0) is 49.8 Å². The zero-order chi connectivity index (χ0) is 63.0. The average molecular weight is 1320 g/mol. The van der Waals surface area contributed by atoms with Crippen LogP contribution in [0.2, 0.25) is 0 Å². The second-order valence-electron chi connectivity index (χ2n) is 20.9. The van der Waals surface area contributed by atoms with Gasteiger partial charge in [0.15, 0.2) is 5.78 Å². The number of methoxy groups -OCH3 is 1. The number of thiazole rings is 6. The first-order chi connectivity index (χ1) is 42.8. The molecule has 0 radical (unpaired) electrons. The number of amides is 4. The van der Waals surface area contributed by atoms with Crippen molar-refractivity contribution >= 4 is 109 Å². The molecule has 7 N–H and O–H groups in total. The SMILES string of the molecule is CNC(=O)C[C@@H]1NC(=O)c2csc(n2)-c2ccc(-c3nc(-n4cc(CCCC(=O)O)nc4CCCC(=O)O)cs3)nc2-c2csc(n2)-c2csc(n2)[C@H]([C@@H](O)c2ccccc2)NC(=O)CNC(=O)c2nc(sc2COC)C(C(C)C)CC(=O)c2nc1sc2C. The molecule has 89 heavy (non-hydrogen) atoms. The van der Waals surface area contributed by atoms with Crippen molar-refractivity contribution in [1.29, 1.82) is 0 Å². The lowest BCUT2D eigenvalue weighted by Crippen LogP contribution is -2.40. The first-order valence-corrected chi connectivity index (χ1v) is 33.2. The van der Waals surface area contributed by atoms with Crippen molar-refractivity contribution in [2.45, 2.75) is 103 Å². The Kier molecular flexibility index (Phi) is 20.4. The van der Waals surface area contributed by atoms with E-state index in [1.807, 2.05) is 19.2 Å². The highest BCUT2D eigenvalue weighted by Crippen LogP contribution is 2.41. The molecule has 30 heteroatoms. The summed E-state index contributed by atoms with van der Waals surface area (Å²) in [5.41, 5.74) is 3.49. The predicted octanol–water partition coefficient (Wildman–Crippen LogP) is 9.20. The van der Waals surface area contributed by atoms with Gasteiger partial charge in [0.2, 0.25) is 11.8 Å². The molecule has 10 bridgehead atoms. The monoisotopic (exact) mass is 1320 g/mol. The molecular weight excluding hydrogens is 1260 g/mol. The highest BCUT2D eigenvalue weighted by Gasteiger charge is 2.33. The van der Waals surface area contributed by atoms with Gasteiger partial charge in [-0.15, -0.1) is 68.0 Å². The summed E-state index contributed by atoms with van der Waals surface area (Å²) < 4.78 is 7.26. The molecule has 1 aromatic carbocycles. The Balaban J connectivity index is 1.05. The van der Waals surface area contributed by atoms with E-state index in [0.29, 0.717) is 117 Å². The molecule has 1 unspecified atom stereocenters. The van der Waals surface area contributed by atoms with Gasteiger partial charge < -0.3 is 41.3 Å². The molecule has 0 spiro atoms. The number of carboxylic acid groups (broad SMARTS) is 2. The van der Waals surface area contributed by atoms with Gasteiger partial charge in [0, 0.05) is 83.9 Å². The van der Waals surface area contributed by atoms with Gasteiger partial charge in [-0.3, -0.25) is 38.1 Å². The number of aromatic nitrogens is 9. The second kappa shape index (κ2) is 28.5. The van der Waals surface area contributed by atoms with Crippen LogP contribution in [0, 0.1) is 12.8 Å². The third-order valence-corrected chi connectivity index (χ3v) is 20.0. The molecular formula is C59H59N13O11S6. The summed E-state index contributed by atoms with van der Waals surface area (Å²) in [6.07, 6.45) is 1.50. The molecule has 8 aromatic heterocycles. The van der Waals surface area contributed by atoms with Crippen molar-refractivity contribution in [3.63, 3.8) is 0 Å². The van der Waals surface area contributed by atoms with E-state index in [4.69, 9.17) is 44.6 Å². The van der Waals surface area contributed by atoms with E-state index in [2.05, 4.69) is 21.3 Å². The number of hydrogen-bond acceptors (Lipinski definition) is 23. The molecule has 1 aliphatic heterocycles. The summed E-state index contributed by atoms with van der Waals surface area (Å²) in [7, 11) is 2.96. The van der Waals surface area contributed by atoms with Crippen molar-refractivity contribution in [3.8, 4) is 49.2 Å². The fourth-order valence-electron chi connectivity index (χ4n) is 9.73. The maximum atomic E-state index is 14.4. The lowest BCUT2D eigenvalue weighted by molar-refractivity contribution is -0.138. The van der Waals surface area contributed by atoms with E-state index >= 15 is 0 Å². The van der Waals surface area contributed by atoms with E-state index in [1.165, 1.54) is 82.2 Å². The second-order valence-corrected chi connectivity index (χ2v) is 26.8. The number of aliphatic hydroxyl groups excluding tert-OH is 1. The number of benzene rings is 1. The molecule has 1 aliphatic rings. The number of Topliss-reactive ketones (excluding diaryl/α,β-unsaturated/α-hetero) is 1. The molecule has 9 heterocycles. The Bertz CT molecular complexity index is 4090. The highest BCUT2D eigenvalue weighted by molar-refractivity contribution is 7.15. The standard InChI is InChI=1S/C59H59N13O11S6/c1-28(2)33-19-39(73)47-29(3)88-58(70-47)35(20-43(74)60-4)64-52(81)37-25-84-54(66-37)32-17-18-34(56-68-42(27-87-56)72-22-31(13-9-15-45(76)77)62-41(72)14-10-16-46(78)79)63-48(32)36-24-85-57(65-36)38-26-86-59(67-38)50(51(80)30-11-7-6-8-12-30)69-44(75)21-61-53(82)49-40(23-83-5)89-55(33)71-49/h6-8,11-12,17-18,22,24-28,33,35,50-51,80H,9-10,13-16,19-21,23H2,1-5H3,(H,60,74)(H,61,82)(H,64,81)(H,69,75)(H,76,77)(H,78,79)/t33?,35-,50-,51-/m0/s1. The minimum absolute atomic E-state index is 0.0217. The van der Waals surface area contributed by atoms with E-state index in [9.17, 15) is 48.9 Å². The number of aliphatic hydroxyl groups is 1. The van der Waals surface area contributed by atoms with Crippen LogP contribution in [0.4, 0.5) is 0 Å². The molecule has 0 fully saturated rings. The maximum Gasteiger partial charge on any atom is 0.303 e. The minimum Gasteiger partial charge on any atom is -0.481 e. The average Bonchev–Trinajstić information content (AvgIpc) is 1.83. The van der Waals surface area contributed by atoms with Gasteiger partial charge in [-0.2, -0.15) is 0 Å². The van der Waals surface area contributed by atoms with Crippen molar-refractivity contribution < 1.29 is 53.6 Å². The Morgan fingerprint density at radius 3 is 2.16 bits per heavy atom. The van der Waals surface area contributed by atoms with Gasteiger partial charge in [-0.1, -0.05) is 44.2 Å². The number of ether oxygens (including phenoxy) is 1. The fraction of sp³-hybridized carbons (Fsp3) is 0.339. The van der Waals surface area contributed by atoms with Crippen LogP contribution in [0.5, 0.6) is 0 Å². The number of rotatable bonds is 17. The summed E-state index contributed by atoms with van der Waals surface area (Å²) in [5, 5.41) is 51.3.